The second kappa shape index (κ2) is 8.57. The number of imide groups is 1. The molecular weight excluding hydrogens is 398 g/mol. The number of hydrogen-bond acceptors (Lipinski definition) is 7. The number of anilines is 1. The summed E-state index contributed by atoms with van der Waals surface area (Å²) in [5, 5.41) is 13.0. The Balaban J connectivity index is 1.70. The van der Waals surface area contributed by atoms with Gasteiger partial charge in [-0.1, -0.05) is 30.3 Å². The van der Waals surface area contributed by atoms with E-state index in [2.05, 4.69) is 5.32 Å². The fraction of sp³-hybridized carbons (Fsp3) is 0.105. The van der Waals surface area contributed by atoms with Gasteiger partial charge < -0.3 is 10.1 Å². The molecule has 10 heteroatoms. The number of nitrogens with zero attached hydrogens (tertiary/aromatic N) is 2. The van der Waals surface area contributed by atoms with E-state index >= 15 is 0 Å². The topological polar surface area (TPSA) is 119 Å². The summed E-state index contributed by atoms with van der Waals surface area (Å²) >= 11 is 0.749. The quantitative estimate of drug-likeness (QED) is 0.438. The molecule has 1 heterocycles. The van der Waals surface area contributed by atoms with Crippen LogP contribution in [0.1, 0.15) is 5.56 Å². The number of hydrogen-bond donors (Lipinski definition) is 1. The van der Waals surface area contributed by atoms with E-state index in [1.54, 1.807) is 30.3 Å². The van der Waals surface area contributed by atoms with E-state index in [0.29, 0.717) is 0 Å². The first-order chi connectivity index (χ1) is 13.9. The van der Waals surface area contributed by atoms with Crippen molar-refractivity contribution in [1.29, 1.82) is 0 Å². The molecule has 148 valence electrons. The zero-order valence-corrected chi connectivity index (χ0v) is 16.0. The van der Waals surface area contributed by atoms with Crippen molar-refractivity contribution in [1.82, 2.24) is 4.90 Å². The van der Waals surface area contributed by atoms with Crippen molar-refractivity contribution in [3.05, 3.63) is 69.1 Å². The number of ether oxygens (including phenoxy) is 1. The normalized spacial score (nSPS) is 14.9. The predicted molar refractivity (Wildman–Crippen MR) is 107 cm³/mol. The van der Waals surface area contributed by atoms with Crippen LogP contribution in [0.2, 0.25) is 0 Å². The molecule has 1 aliphatic rings. The Morgan fingerprint density at radius 2 is 1.97 bits per heavy atom. The lowest BCUT2D eigenvalue weighted by Gasteiger charge is -2.12. The van der Waals surface area contributed by atoms with Crippen LogP contribution in [0, 0.1) is 10.1 Å². The first-order valence-electron chi connectivity index (χ1n) is 8.31. The lowest BCUT2D eigenvalue weighted by Crippen LogP contribution is -2.36. The molecule has 0 unspecified atom stereocenters. The third kappa shape index (κ3) is 4.61. The summed E-state index contributed by atoms with van der Waals surface area (Å²) in [6.45, 7) is -0.503. The molecule has 2 aromatic rings. The first-order valence-corrected chi connectivity index (χ1v) is 9.13. The Bertz CT molecular complexity index is 1020. The van der Waals surface area contributed by atoms with Crippen LogP contribution in [-0.2, 0) is 9.59 Å². The van der Waals surface area contributed by atoms with Crippen molar-refractivity contribution in [3.63, 3.8) is 0 Å². The van der Waals surface area contributed by atoms with Crippen molar-refractivity contribution in [2.45, 2.75) is 0 Å². The molecule has 0 bridgehead atoms. The van der Waals surface area contributed by atoms with E-state index in [9.17, 15) is 24.5 Å². The second-order valence-corrected chi connectivity index (χ2v) is 6.86. The molecule has 0 saturated carbocycles. The molecule has 0 aliphatic carbocycles. The van der Waals surface area contributed by atoms with Crippen molar-refractivity contribution in [3.8, 4) is 5.75 Å². The number of carbonyl (C=O) groups excluding carboxylic acids is 3. The van der Waals surface area contributed by atoms with Crippen LogP contribution in [0.25, 0.3) is 6.08 Å². The first kappa shape index (κ1) is 20.1. The number of carbonyl (C=O) groups is 3. The van der Waals surface area contributed by atoms with Crippen LogP contribution in [0.4, 0.5) is 16.2 Å². The van der Waals surface area contributed by atoms with Crippen LogP contribution < -0.4 is 10.1 Å². The molecule has 3 rings (SSSR count). The molecule has 2 aromatic carbocycles. The smallest absolute Gasteiger partial charge is 0.312 e. The van der Waals surface area contributed by atoms with Gasteiger partial charge in [-0.15, -0.1) is 0 Å². The Morgan fingerprint density at radius 1 is 1.24 bits per heavy atom. The average molecular weight is 413 g/mol. The van der Waals surface area contributed by atoms with Crippen LogP contribution in [0.5, 0.6) is 5.75 Å². The Morgan fingerprint density at radius 3 is 2.62 bits per heavy atom. The largest absolute Gasteiger partial charge is 0.490 e. The molecule has 1 aliphatic heterocycles. The number of rotatable bonds is 6. The average Bonchev–Trinajstić information content (AvgIpc) is 2.96. The highest BCUT2D eigenvalue weighted by atomic mass is 32.2. The summed E-state index contributed by atoms with van der Waals surface area (Å²) in [4.78, 5) is 48.4. The van der Waals surface area contributed by atoms with Gasteiger partial charge in [0.15, 0.2) is 5.75 Å². The Labute approximate surface area is 169 Å². The number of methoxy groups -OCH3 is 1. The predicted octanol–water partition coefficient (Wildman–Crippen LogP) is 3.28. The van der Waals surface area contributed by atoms with Crippen molar-refractivity contribution < 1.29 is 24.0 Å². The summed E-state index contributed by atoms with van der Waals surface area (Å²) in [5.41, 5.74) is 0.588. The standard InChI is InChI=1S/C19H15N3O6S/c1-28-15-8-7-13(10-14(15)22(26)27)20-17(23)11-21-18(24)16(29-19(21)25)9-12-5-3-2-4-6-12/h2-10H,11H2,1H3,(H,20,23)/b16-9+. The zero-order valence-electron chi connectivity index (χ0n) is 15.2. The lowest BCUT2D eigenvalue weighted by molar-refractivity contribution is -0.385. The molecule has 3 amide bonds. The van der Waals surface area contributed by atoms with Crippen molar-refractivity contribution in [2.75, 3.05) is 19.0 Å². The van der Waals surface area contributed by atoms with Gasteiger partial charge in [-0.25, -0.2) is 0 Å². The molecule has 0 radical (unpaired) electrons. The maximum Gasteiger partial charge on any atom is 0.312 e. The van der Waals surface area contributed by atoms with Crippen molar-refractivity contribution >= 4 is 46.3 Å². The number of amides is 3. The third-order valence-corrected chi connectivity index (χ3v) is 4.84. The minimum atomic E-state index is -0.660. The van der Waals surface area contributed by atoms with Gasteiger partial charge in [-0.2, -0.15) is 0 Å². The highest BCUT2D eigenvalue weighted by Crippen LogP contribution is 2.32. The maximum absolute atomic E-state index is 12.5. The van der Waals surface area contributed by atoms with E-state index in [4.69, 9.17) is 4.74 Å². The van der Waals surface area contributed by atoms with Crippen LogP contribution in [-0.4, -0.2) is 40.5 Å². The monoisotopic (exact) mass is 413 g/mol. The maximum atomic E-state index is 12.5. The van der Waals surface area contributed by atoms with E-state index < -0.39 is 28.5 Å². The number of nitrogens with one attached hydrogen (secondary N) is 1. The van der Waals surface area contributed by atoms with Gasteiger partial charge in [0.05, 0.1) is 16.9 Å². The summed E-state index contributed by atoms with van der Waals surface area (Å²) < 4.78 is 4.90. The van der Waals surface area contributed by atoms with E-state index in [1.807, 2.05) is 6.07 Å². The molecule has 9 nitrogen and oxygen atoms in total. The molecule has 1 fully saturated rings. The number of benzene rings is 2. The minimum absolute atomic E-state index is 0.0463. The van der Waals surface area contributed by atoms with Gasteiger partial charge in [0.1, 0.15) is 6.54 Å². The van der Waals surface area contributed by atoms with Gasteiger partial charge in [-0.3, -0.25) is 29.4 Å². The molecule has 29 heavy (non-hydrogen) atoms. The SMILES string of the molecule is COc1ccc(NC(=O)CN2C(=O)S/C(=C/c3ccccc3)C2=O)cc1[N+](=O)[O-]. The van der Waals surface area contributed by atoms with Gasteiger partial charge in [-0.05, 0) is 35.5 Å². The molecule has 0 atom stereocenters. The van der Waals surface area contributed by atoms with E-state index in [1.165, 1.54) is 19.2 Å². The zero-order chi connectivity index (χ0) is 21.0. The molecule has 1 N–H and O–H groups in total. The Hall–Kier alpha value is -3.66. The second-order valence-electron chi connectivity index (χ2n) is 5.87. The fourth-order valence-corrected chi connectivity index (χ4v) is 3.43. The third-order valence-electron chi connectivity index (χ3n) is 3.93. The van der Waals surface area contributed by atoms with E-state index in [-0.39, 0.29) is 22.0 Å². The summed E-state index contributed by atoms with van der Waals surface area (Å²) in [5.74, 6) is -1.18. The van der Waals surface area contributed by atoms with Gasteiger partial charge in [0, 0.05) is 11.8 Å². The highest BCUT2D eigenvalue weighted by Gasteiger charge is 2.36. The van der Waals surface area contributed by atoms with Gasteiger partial charge in [0.2, 0.25) is 5.91 Å². The van der Waals surface area contributed by atoms with Crippen molar-refractivity contribution in [2.24, 2.45) is 0 Å². The number of thioether (sulfide) groups is 1. The lowest BCUT2D eigenvalue weighted by atomic mass is 10.2. The Kier molecular flexibility index (Phi) is 5.93. The summed E-state index contributed by atoms with van der Waals surface area (Å²) in [6.07, 6.45) is 1.58. The molecule has 1 saturated heterocycles. The summed E-state index contributed by atoms with van der Waals surface area (Å²) in [6, 6.07) is 12.9. The van der Waals surface area contributed by atoms with Crippen LogP contribution in [0.15, 0.2) is 53.4 Å². The molecule has 0 aromatic heterocycles. The molecular formula is C19H15N3O6S. The number of nitro benzene ring substituents is 1. The summed E-state index contributed by atoms with van der Waals surface area (Å²) in [7, 11) is 1.30. The highest BCUT2D eigenvalue weighted by molar-refractivity contribution is 8.18. The van der Waals surface area contributed by atoms with Gasteiger partial charge >= 0.3 is 5.69 Å². The van der Waals surface area contributed by atoms with Crippen LogP contribution in [0.3, 0.4) is 0 Å². The van der Waals surface area contributed by atoms with Gasteiger partial charge in [0.25, 0.3) is 11.1 Å². The fourth-order valence-electron chi connectivity index (χ4n) is 2.59. The number of nitro groups is 1. The van der Waals surface area contributed by atoms with Crippen LogP contribution >= 0.6 is 11.8 Å². The molecule has 0 spiro atoms. The minimum Gasteiger partial charge on any atom is -0.490 e. The van der Waals surface area contributed by atoms with E-state index in [0.717, 1.165) is 28.3 Å².